The van der Waals surface area contributed by atoms with E-state index >= 15 is 0 Å². The summed E-state index contributed by atoms with van der Waals surface area (Å²) in [4.78, 5) is 12.4. The number of nitrogens with zero attached hydrogens (tertiary/aromatic N) is 2. The van der Waals surface area contributed by atoms with Gasteiger partial charge in [-0.15, -0.1) is 0 Å². The second-order valence-corrected chi connectivity index (χ2v) is 7.13. The molecular formula is C18H14BrCl2N3O2. The molecule has 0 atom stereocenters. The molecule has 8 heteroatoms. The van der Waals surface area contributed by atoms with Crippen molar-refractivity contribution < 1.29 is 9.53 Å². The second kappa shape index (κ2) is 8.12. The Morgan fingerprint density at radius 3 is 2.77 bits per heavy atom. The van der Waals surface area contributed by atoms with Crippen LogP contribution in [-0.4, -0.2) is 22.8 Å². The lowest BCUT2D eigenvalue weighted by atomic mass is 10.2. The van der Waals surface area contributed by atoms with E-state index in [2.05, 4.69) is 26.3 Å². The van der Waals surface area contributed by atoms with Crippen LogP contribution < -0.4 is 10.1 Å². The number of aromatic nitrogens is 2. The van der Waals surface area contributed by atoms with Gasteiger partial charge in [0.25, 0.3) is 5.91 Å². The maximum Gasteiger partial charge on any atom is 0.257 e. The minimum atomic E-state index is -0.274. The Morgan fingerprint density at radius 2 is 2.04 bits per heavy atom. The Balaban J connectivity index is 1.75. The molecule has 1 amide bonds. The minimum Gasteiger partial charge on any atom is -0.497 e. The maximum atomic E-state index is 12.4. The summed E-state index contributed by atoms with van der Waals surface area (Å²) in [6, 6.07) is 12.3. The zero-order valence-electron chi connectivity index (χ0n) is 13.7. The van der Waals surface area contributed by atoms with E-state index in [1.54, 1.807) is 54.4 Å². The number of halogens is 3. The van der Waals surface area contributed by atoms with E-state index in [9.17, 15) is 4.79 Å². The number of amides is 1. The molecule has 0 spiro atoms. The Bertz CT molecular complexity index is 959. The van der Waals surface area contributed by atoms with Crippen LogP contribution in [0.1, 0.15) is 15.9 Å². The molecule has 26 heavy (non-hydrogen) atoms. The Kier molecular flexibility index (Phi) is 5.86. The van der Waals surface area contributed by atoms with Crippen molar-refractivity contribution in [3.63, 3.8) is 0 Å². The predicted molar refractivity (Wildman–Crippen MR) is 106 cm³/mol. The molecule has 0 fully saturated rings. The highest BCUT2D eigenvalue weighted by molar-refractivity contribution is 9.10. The molecule has 0 aliphatic carbocycles. The van der Waals surface area contributed by atoms with Gasteiger partial charge in [0, 0.05) is 11.8 Å². The molecule has 0 unspecified atom stereocenters. The van der Waals surface area contributed by atoms with Crippen molar-refractivity contribution in [3.8, 4) is 5.75 Å². The molecular weight excluding hydrogens is 441 g/mol. The topological polar surface area (TPSA) is 56.1 Å². The summed E-state index contributed by atoms with van der Waals surface area (Å²) in [5, 5.41) is 8.17. The third-order valence-corrected chi connectivity index (χ3v) is 4.93. The molecule has 0 aliphatic heterocycles. The Morgan fingerprint density at radius 1 is 1.23 bits per heavy atom. The zero-order valence-corrected chi connectivity index (χ0v) is 16.8. The van der Waals surface area contributed by atoms with Crippen molar-refractivity contribution in [2.45, 2.75) is 6.54 Å². The number of nitrogens with one attached hydrogen (secondary N) is 1. The van der Waals surface area contributed by atoms with Crippen molar-refractivity contribution in [3.05, 3.63) is 74.3 Å². The third kappa shape index (κ3) is 4.38. The van der Waals surface area contributed by atoms with E-state index < -0.39 is 0 Å². The maximum absolute atomic E-state index is 12.4. The largest absolute Gasteiger partial charge is 0.497 e. The number of hydrogen-bond donors (Lipinski definition) is 1. The molecule has 3 aromatic rings. The summed E-state index contributed by atoms with van der Waals surface area (Å²) < 4.78 is 7.51. The fourth-order valence-electron chi connectivity index (χ4n) is 2.33. The van der Waals surface area contributed by atoms with Crippen molar-refractivity contribution in [1.82, 2.24) is 9.78 Å². The first-order valence-electron chi connectivity index (χ1n) is 7.58. The first-order valence-corrected chi connectivity index (χ1v) is 9.13. The molecule has 1 heterocycles. The van der Waals surface area contributed by atoms with Crippen LogP contribution in [-0.2, 0) is 6.54 Å². The van der Waals surface area contributed by atoms with Crippen LogP contribution in [0.25, 0.3) is 0 Å². The van der Waals surface area contributed by atoms with Crippen molar-refractivity contribution in [1.29, 1.82) is 0 Å². The van der Waals surface area contributed by atoms with Crippen molar-refractivity contribution in [2.75, 3.05) is 12.4 Å². The number of hydrogen-bond acceptors (Lipinski definition) is 3. The van der Waals surface area contributed by atoms with Gasteiger partial charge in [0.2, 0.25) is 0 Å². The molecule has 0 radical (unpaired) electrons. The van der Waals surface area contributed by atoms with Crippen LogP contribution in [0.3, 0.4) is 0 Å². The number of ether oxygens (including phenoxy) is 1. The van der Waals surface area contributed by atoms with Crippen LogP contribution in [0.5, 0.6) is 5.75 Å². The van der Waals surface area contributed by atoms with E-state index in [1.807, 2.05) is 6.07 Å². The molecule has 0 aliphatic rings. The van der Waals surface area contributed by atoms with Gasteiger partial charge in [-0.3, -0.25) is 9.48 Å². The summed E-state index contributed by atoms with van der Waals surface area (Å²) in [5.74, 6) is 0.768. The minimum absolute atomic E-state index is 0.274. The summed E-state index contributed by atoms with van der Waals surface area (Å²) in [6.45, 7) is 0.491. The normalized spacial score (nSPS) is 10.6. The lowest BCUT2D eigenvalue weighted by Gasteiger charge is -2.05. The van der Waals surface area contributed by atoms with Gasteiger partial charge in [-0.1, -0.05) is 35.3 Å². The quantitative estimate of drug-likeness (QED) is 0.571. The average Bonchev–Trinajstić information content (AvgIpc) is 2.97. The van der Waals surface area contributed by atoms with E-state index in [1.165, 1.54) is 0 Å². The highest BCUT2D eigenvalue weighted by Crippen LogP contribution is 2.25. The van der Waals surface area contributed by atoms with Gasteiger partial charge in [-0.05, 0) is 51.8 Å². The molecule has 0 bridgehead atoms. The zero-order chi connectivity index (χ0) is 18.7. The molecule has 5 nitrogen and oxygen atoms in total. The second-order valence-electron chi connectivity index (χ2n) is 5.46. The number of anilines is 1. The van der Waals surface area contributed by atoms with E-state index in [-0.39, 0.29) is 5.91 Å². The van der Waals surface area contributed by atoms with E-state index in [0.717, 1.165) is 5.56 Å². The molecule has 0 saturated heterocycles. The SMILES string of the molecule is COc1cccc(C(=O)Nc2nn(Cc3ccc(Cl)c(Cl)c3)cc2Br)c1. The van der Waals surface area contributed by atoms with Gasteiger partial charge in [-0.2, -0.15) is 5.10 Å². The Labute approximate surface area is 169 Å². The molecule has 1 aromatic heterocycles. The standard InChI is InChI=1S/C18H14BrCl2N3O2/c1-26-13-4-2-3-12(8-13)18(25)22-17-14(19)10-24(23-17)9-11-5-6-15(20)16(21)7-11/h2-8,10H,9H2,1H3,(H,22,23,25). The summed E-state index contributed by atoms with van der Waals surface area (Å²) in [7, 11) is 1.55. The molecule has 1 N–H and O–H groups in total. The van der Waals surface area contributed by atoms with Gasteiger partial charge in [0.15, 0.2) is 5.82 Å². The number of benzene rings is 2. The smallest absolute Gasteiger partial charge is 0.257 e. The summed E-state index contributed by atoms with van der Waals surface area (Å²) in [6.07, 6.45) is 1.78. The first kappa shape index (κ1) is 18.8. The van der Waals surface area contributed by atoms with Gasteiger partial charge in [0.05, 0.1) is 28.2 Å². The fourth-order valence-corrected chi connectivity index (χ4v) is 3.07. The number of carbonyl (C=O) groups excluding carboxylic acids is 1. The number of carbonyl (C=O) groups is 1. The molecule has 2 aromatic carbocycles. The average molecular weight is 455 g/mol. The van der Waals surface area contributed by atoms with Crippen molar-refractivity contribution >= 4 is 50.9 Å². The Hall–Kier alpha value is -2.02. The highest BCUT2D eigenvalue weighted by atomic mass is 79.9. The van der Waals surface area contributed by atoms with Gasteiger partial charge in [-0.25, -0.2) is 0 Å². The van der Waals surface area contributed by atoms with E-state index in [4.69, 9.17) is 27.9 Å². The van der Waals surface area contributed by atoms with Crippen LogP contribution >= 0.6 is 39.1 Å². The summed E-state index contributed by atoms with van der Waals surface area (Å²) in [5.41, 5.74) is 1.43. The lowest BCUT2D eigenvalue weighted by Crippen LogP contribution is -2.13. The number of methoxy groups -OCH3 is 1. The highest BCUT2D eigenvalue weighted by Gasteiger charge is 2.13. The fraction of sp³-hybridized carbons (Fsp3) is 0.111. The first-order chi connectivity index (χ1) is 12.5. The molecule has 134 valence electrons. The van der Waals surface area contributed by atoms with Gasteiger partial charge < -0.3 is 10.1 Å². The number of rotatable bonds is 5. The monoisotopic (exact) mass is 453 g/mol. The van der Waals surface area contributed by atoms with Gasteiger partial charge >= 0.3 is 0 Å². The van der Waals surface area contributed by atoms with Crippen molar-refractivity contribution in [2.24, 2.45) is 0 Å². The summed E-state index contributed by atoms with van der Waals surface area (Å²) >= 11 is 15.4. The lowest BCUT2D eigenvalue weighted by molar-refractivity contribution is 0.102. The molecule has 3 rings (SSSR count). The van der Waals surface area contributed by atoms with E-state index in [0.29, 0.717) is 38.2 Å². The molecule has 0 saturated carbocycles. The predicted octanol–water partition coefficient (Wildman–Crippen LogP) is 5.26. The van der Waals surface area contributed by atoms with Crippen LogP contribution in [0.2, 0.25) is 10.0 Å². The van der Waals surface area contributed by atoms with Crippen LogP contribution in [0.15, 0.2) is 53.1 Å². The third-order valence-electron chi connectivity index (χ3n) is 3.61. The van der Waals surface area contributed by atoms with Gasteiger partial charge in [0.1, 0.15) is 5.75 Å². The van der Waals surface area contributed by atoms with Crippen LogP contribution in [0, 0.1) is 0 Å². The van der Waals surface area contributed by atoms with Crippen LogP contribution in [0.4, 0.5) is 5.82 Å².